The third-order valence-corrected chi connectivity index (χ3v) is 9.86. The van der Waals surface area contributed by atoms with Gasteiger partial charge in [-0.05, 0) is 80.8 Å². The normalized spacial score (nSPS) is 14.2. The van der Waals surface area contributed by atoms with E-state index >= 15 is 0 Å². The largest absolute Gasteiger partial charge is 0.494 e. The van der Waals surface area contributed by atoms with Crippen LogP contribution in [0.1, 0.15) is 79.4 Å². The Morgan fingerprint density at radius 3 is 2.42 bits per heavy atom. The molecule has 2 aromatic carbocycles. The molecule has 0 aliphatic carbocycles. The quantitative estimate of drug-likeness (QED) is 0.0446. The molecule has 3 amide bonds. The Balaban J connectivity index is 1.41. The van der Waals surface area contributed by atoms with Crippen molar-refractivity contribution < 1.29 is 52.3 Å². The molecular formula is C37H49N4O11P. The minimum atomic E-state index is -4.61. The number of nitrogens with one attached hydrogen (secondary N) is 2. The van der Waals surface area contributed by atoms with Crippen LogP contribution in [0.5, 0.6) is 5.75 Å². The molecule has 2 atom stereocenters. The zero-order valence-electron chi connectivity index (χ0n) is 30.5. The number of hydrogen-bond donors (Lipinski definition) is 4. The van der Waals surface area contributed by atoms with Gasteiger partial charge in [0.05, 0.1) is 49.3 Å². The number of ether oxygens (including phenoxy) is 2. The van der Waals surface area contributed by atoms with Crippen molar-refractivity contribution in [3.05, 3.63) is 65.4 Å². The maximum atomic E-state index is 13.6. The van der Waals surface area contributed by atoms with E-state index in [0.29, 0.717) is 55.6 Å². The smallest absolute Gasteiger partial charge is 0.363 e. The molecule has 3 aromatic rings. The minimum absolute atomic E-state index is 0.105. The molecule has 1 aromatic heterocycles. The number of benzene rings is 2. The zero-order chi connectivity index (χ0) is 38.5. The first-order valence-corrected chi connectivity index (χ1v) is 19.4. The fourth-order valence-corrected chi connectivity index (χ4v) is 6.75. The molecular weight excluding hydrogens is 707 g/mol. The van der Waals surface area contributed by atoms with Crippen LogP contribution in [0.15, 0.2) is 52.9 Å². The summed E-state index contributed by atoms with van der Waals surface area (Å²) < 4.78 is 28.5. The fourth-order valence-electron chi connectivity index (χ4n) is 6.15. The number of carbonyl (C=O) groups is 4. The fraction of sp³-hybridized carbons (Fsp3) is 0.459. The van der Waals surface area contributed by atoms with E-state index in [1.165, 1.54) is 30.3 Å². The van der Waals surface area contributed by atoms with Crippen LogP contribution in [0.4, 0.5) is 5.69 Å². The number of nitrogens with zero attached hydrogens (tertiary/aromatic N) is 2. The van der Waals surface area contributed by atoms with E-state index < -0.39 is 37.3 Å². The molecule has 4 N–H and O–H groups in total. The second kappa shape index (κ2) is 19.4. The Morgan fingerprint density at radius 2 is 1.77 bits per heavy atom. The first kappa shape index (κ1) is 41.1. The number of unbranched alkanes of at least 4 members (excludes halogenated alkanes) is 2. The van der Waals surface area contributed by atoms with Gasteiger partial charge in [-0.25, -0.2) is 4.79 Å². The van der Waals surface area contributed by atoms with Crippen LogP contribution in [-0.2, 0) is 23.7 Å². The molecule has 0 spiro atoms. The number of carbonyl (C=O) groups excluding carboxylic acids is 4. The summed E-state index contributed by atoms with van der Waals surface area (Å²) in [6, 6.07) is 11.5. The third-order valence-electron chi connectivity index (χ3n) is 8.93. The van der Waals surface area contributed by atoms with E-state index in [9.17, 15) is 33.5 Å². The summed E-state index contributed by atoms with van der Waals surface area (Å²) in [6.07, 6.45) is 3.54. The van der Waals surface area contributed by atoms with E-state index in [1.54, 1.807) is 26.8 Å². The SMILES string of the molecule is CCCCCC(C(=O)NCNC(=O)c1ccc(-c2cc(OCC)cc(P(=O)(O)O)c2)o1)C(CC)N(C=O)OC(=O)c1ccc(N2CCOCC2)cc1C. The molecule has 0 radical (unpaired) electrons. The zero-order valence-corrected chi connectivity index (χ0v) is 31.4. The molecule has 1 fully saturated rings. The van der Waals surface area contributed by atoms with Crippen molar-refractivity contribution in [2.45, 2.75) is 65.8 Å². The van der Waals surface area contributed by atoms with Gasteiger partial charge >= 0.3 is 13.6 Å². The van der Waals surface area contributed by atoms with Gasteiger partial charge in [0.25, 0.3) is 5.91 Å². The Bertz CT molecular complexity index is 1770. The number of anilines is 1. The Morgan fingerprint density at radius 1 is 1.02 bits per heavy atom. The summed E-state index contributed by atoms with van der Waals surface area (Å²) in [5, 5.41) is 5.93. The highest BCUT2D eigenvalue weighted by Crippen LogP contribution is 2.37. The number of hydroxylamine groups is 2. The molecule has 4 rings (SSSR count). The van der Waals surface area contributed by atoms with Crippen LogP contribution in [0.25, 0.3) is 11.3 Å². The lowest BCUT2D eigenvalue weighted by molar-refractivity contribution is -0.171. The molecule has 16 heteroatoms. The highest BCUT2D eigenvalue weighted by molar-refractivity contribution is 7.60. The van der Waals surface area contributed by atoms with Crippen LogP contribution in [-0.4, -0.2) is 84.7 Å². The lowest BCUT2D eigenvalue weighted by Crippen LogP contribution is -2.49. The lowest BCUT2D eigenvalue weighted by Gasteiger charge is -2.32. The van der Waals surface area contributed by atoms with Gasteiger partial charge < -0.3 is 44.0 Å². The van der Waals surface area contributed by atoms with Crippen LogP contribution in [0.2, 0.25) is 0 Å². The molecule has 1 aliphatic rings. The van der Waals surface area contributed by atoms with Gasteiger partial charge in [0.2, 0.25) is 12.3 Å². The van der Waals surface area contributed by atoms with Crippen molar-refractivity contribution in [2.24, 2.45) is 5.92 Å². The van der Waals surface area contributed by atoms with Crippen molar-refractivity contribution in [1.29, 1.82) is 0 Å². The summed E-state index contributed by atoms with van der Waals surface area (Å²) in [5.41, 5.74) is 2.23. The molecule has 53 heavy (non-hydrogen) atoms. The first-order chi connectivity index (χ1) is 25.4. The number of rotatable bonds is 19. The van der Waals surface area contributed by atoms with E-state index in [2.05, 4.69) is 15.5 Å². The van der Waals surface area contributed by atoms with E-state index in [1.807, 2.05) is 19.1 Å². The van der Waals surface area contributed by atoms with E-state index in [4.69, 9.17) is 18.7 Å². The monoisotopic (exact) mass is 756 g/mol. The molecule has 1 saturated heterocycles. The van der Waals surface area contributed by atoms with Gasteiger partial charge in [-0.2, -0.15) is 5.06 Å². The molecule has 2 heterocycles. The maximum absolute atomic E-state index is 13.6. The second-order valence-electron chi connectivity index (χ2n) is 12.6. The van der Waals surface area contributed by atoms with Crippen molar-refractivity contribution >= 4 is 42.8 Å². The molecule has 15 nitrogen and oxygen atoms in total. The Labute approximate surface area is 309 Å². The van der Waals surface area contributed by atoms with Crippen molar-refractivity contribution in [3.8, 4) is 17.1 Å². The van der Waals surface area contributed by atoms with Crippen molar-refractivity contribution in [2.75, 3.05) is 44.5 Å². The highest BCUT2D eigenvalue weighted by atomic mass is 31.2. The Hall–Kier alpha value is -4.69. The second-order valence-corrected chi connectivity index (χ2v) is 14.2. The number of aryl methyl sites for hydroxylation is 1. The van der Waals surface area contributed by atoms with Crippen LogP contribution >= 0.6 is 7.60 Å². The summed E-state index contributed by atoms with van der Waals surface area (Å²) in [6.45, 7) is 10.1. The van der Waals surface area contributed by atoms with Gasteiger partial charge in [0.15, 0.2) is 5.76 Å². The Kier molecular flexibility index (Phi) is 15.0. The number of hydrogen-bond acceptors (Lipinski definition) is 10. The van der Waals surface area contributed by atoms with Crippen LogP contribution < -0.4 is 25.6 Å². The number of morpholine rings is 1. The number of furan rings is 1. The standard InChI is InChI=1S/C37H49N4O11P/c1-5-8-9-10-31(32(6-2)41(24-42)52-37(45)30-12-11-27(19-25(30)4)40-15-17-49-18-16-40)35(43)38-23-39-36(44)34-14-13-33(51-34)26-20-28(50-7-3)22-29(21-26)53(46,47)48/h11-14,19-22,24,31-32H,5-10,15-18,23H2,1-4H3,(H,38,43)(H,39,44)(H2,46,47,48). The topological polar surface area (TPSA) is 197 Å². The predicted molar refractivity (Wildman–Crippen MR) is 197 cm³/mol. The van der Waals surface area contributed by atoms with Gasteiger partial charge in [-0.1, -0.05) is 33.1 Å². The minimum Gasteiger partial charge on any atom is -0.494 e. The van der Waals surface area contributed by atoms with Crippen LogP contribution in [0, 0.1) is 12.8 Å². The van der Waals surface area contributed by atoms with E-state index in [0.717, 1.165) is 36.7 Å². The summed E-state index contributed by atoms with van der Waals surface area (Å²) in [5.74, 6) is -2.29. The average molecular weight is 757 g/mol. The molecule has 2 unspecified atom stereocenters. The first-order valence-electron chi connectivity index (χ1n) is 17.8. The van der Waals surface area contributed by atoms with E-state index in [-0.39, 0.29) is 35.9 Å². The van der Waals surface area contributed by atoms with Crippen LogP contribution in [0.3, 0.4) is 0 Å². The average Bonchev–Trinajstić information content (AvgIpc) is 3.65. The van der Waals surface area contributed by atoms with Crippen molar-refractivity contribution in [3.63, 3.8) is 0 Å². The van der Waals surface area contributed by atoms with Gasteiger partial charge in [0.1, 0.15) is 11.5 Å². The summed E-state index contributed by atoms with van der Waals surface area (Å²) in [4.78, 5) is 79.4. The summed E-state index contributed by atoms with van der Waals surface area (Å²) >= 11 is 0. The lowest BCUT2D eigenvalue weighted by atomic mass is 9.90. The van der Waals surface area contributed by atoms with Gasteiger partial charge in [-0.3, -0.25) is 18.9 Å². The molecule has 1 aliphatic heterocycles. The van der Waals surface area contributed by atoms with Crippen molar-refractivity contribution in [1.82, 2.24) is 15.7 Å². The summed E-state index contributed by atoms with van der Waals surface area (Å²) in [7, 11) is -4.61. The number of amides is 3. The van der Waals surface area contributed by atoms with Gasteiger partial charge in [0, 0.05) is 24.3 Å². The molecule has 0 saturated carbocycles. The third kappa shape index (κ3) is 11.2. The molecule has 0 bridgehead atoms. The predicted octanol–water partition coefficient (Wildman–Crippen LogP) is 4.30. The van der Waals surface area contributed by atoms with Gasteiger partial charge in [-0.15, -0.1) is 0 Å². The maximum Gasteiger partial charge on any atom is 0.363 e. The highest BCUT2D eigenvalue weighted by Gasteiger charge is 2.34. The molecule has 288 valence electrons.